The van der Waals surface area contributed by atoms with Gasteiger partial charge in [-0.25, -0.2) is 0 Å². The van der Waals surface area contributed by atoms with E-state index >= 15 is 0 Å². The van der Waals surface area contributed by atoms with Crippen LogP contribution in [0.3, 0.4) is 0 Å². The predicted molar refractivity (Wildman–Crippen MR) is 114 cm³/mol. The molecule has 2 aromatic carbocycles. The van der Waals surface area contributed by atoms with Crippen molar-refractivity contribution in [1.82, 2.24) is 5.01 Å². The van der Waals surface area contributed by atoms with Crippen molar-refractivity contribution in [2.45, 2.75) is 26.4 Å². The third kappa shape index (κ3) is 2.44. The predicted octanol–water partition coefficient (Wildman–Crippen LogP) is 4.01. The van der Waals surface area contributed by atoms with E-state index in [0.717, 1.165) is 27.8 Å². The molecule has 2 aromatic rings. The van der Waals surface area contributed by atoms with Crippen molar-refractivity contribution in [3.8, 4) is 5.75 Å². The van der Waals surface area contributed by atoms with Gasteiger partial charge in [0.15, 0.2) is 0 Å². The zero-order valence-electron chi connectivity index (χ0n) is 17.1. The molecule has 1 saturated heterocycles. The fraction of sp³-hybridized carbons (Fsp3) is 0.400. The molecule has 0 N–H and O–H groups in total. The van der Waals surface area contributed by atoms with E-state index in [4.69, 9.17) is 4.74 Å². The topological polar surface area (TPSA) is 59.0 Å². The summed E-state index contributed by atoms with van der Waals surface area (Å²) in [6, 6.07) is 11.9. The lowest BCUT2D eigenvalue weighted by Gasteiger charge is -2.37. The second kappa shape index (κ2) is 6.27. The van der Waals surface area contributed by atoms with Gasteiger partial charge in [0.05, 0.1) is 24.2 Å². The maximum atomic E-state index is 13.2. The maximum Gasteiger partial charge on any atom is 0.254 e. The highest BCUT2D eigenvalue weighted by atomic mass is 16.5. The van der Waals surface area contributed by atoms with Gasteiger partial charge in [0.1, 0.15) is 5.75 Å². The number of imide groups is 1. The highest BCUT2D eigenvalue weighted by Gasteiger charge is 2.67. The summed E-state index contributed by atoms with van der Waals surface area (Å²) in [5.74, 6) is 1.55. The number of carbonyl (C=O) groups excluding carboxylic acids is 2. The lowest BCUT2D eigenvalue weighted by atomic mass is 9.63. The lowest BCUT2D eigenvalue weighted by molar-refractivity contribution is -0.140. The normalized spacial score (nSPS) is 33.6. The highest BCUT2D eigenvalue weighted by Crippen LogP contribution is 2.65. The minimum Gasteiger partial charge on any atom is -0.490 e. The number of hydrogen-bond donors (Lipinski definition) is 0. The van der Waals surface area contributed by atoms with Crippen LogP contribution in [0.2, 0.25) is 0 Å². The fourth-order valence-electron chi connectivity index (χ4n) is 5.94. The second-order valence-corrected chi connectivity index (χ2v) is 9.25. The number of allylic oxidation sites excluding steroid dienone is 2. The van der Waals surface area contributed by atoms with Crippen molar-refractivity contribution < 1.29 is 14.3 Å². The Kier molecular flexibility index (Phi) is 3.74. The number of amides is 2. The smallest absolute Gasteiger partial charge is 0.254 e. The molecule has 0 spiro atoms. The summed E-state index contributed by atoms with van der Waals surface area (Å²) in [7, 11) is 0. The minimum absolute atomic E-state index is 0.00431. The van der Waals surface area contributed by atoms with E-state index in [0.29, 0.717) is 17.6 Å². The molecule has 7 rings (SSSR count). The molecule has 30 heavy (non-hydrogen) atoms. The van der Waals surface area contributed by atoms with Crippen molar-refractivity contribution in [3.05, 3.63) is 54.1 Å². The van der Waals surface area contributed by atoms with Gasteiger partial charge in [0.25, 0.3) is 11.8 Å². The van der Waals surface area contributed by atoms with Crippen molar-refractivity contribution >= 4 is 28.8 Å². The summed E-state index contributed by atoms with van der Waals surface area (Å²) in [5, 5.41) is 7.61. The van der Waals surface area contributed by atoms with E-state index in [1.807, 2.05) is 50.2 Å². The minimum atomic E-state index is -0.229. The van der Waals surface area contributed by atoms with Crippen LogP contribution < -0.4 is 4.74 Å². The first-order valence-electron chi connectivity index (χ1n) is 10.8. The Morgan fingerprint density at radius 3 is 2.33 bits per heavy atom. The van der Waals surface area contributed by atoms with Crippen LogP contribution in [0.1, 0.15) is 25.8 Å². The number of nitrogens with zero attached hydrogens (tertiary/aromatic N) is 2. The third-order valence-corrected chi connectivity index (χ3v) is 7.24. The number of hydrazone groups is 1. The van der Waals surface area contributed by atoms with Crippen LogP contribution >= 0.6 is 0 Å². The Labute approximate surface area is 175 Å². The largest absolute Gasteiger partial charge is 0.490 e. The summed E-state index contributed by atoms with van der Waals surface area (Å²) in [6.45, 7) is 3.95. The summed E-state index contributed by atoms with van der Waals surface area (Å²) >= 11 is 0. The van der Waals surface area contributed by atoms with Gasteiger partial charge in [-0.3, -0.25) is 9.59 Å². The van der Waals surface area contributed by atoms with Gasteiger partial charge in [0, 0.05) is 5.56 Å². The Morgan fingerprint density at radius 1 is 1.00 bits per heavy atom. The van der Waals surface area contributed by atoms with Gasteiger partial charge < -0.3 is 4.74 Å². The summed E-state index contributed by atoms with van der Waals surface area (Å²) in [5.41, 5.74) is 0.793. The number of benzene rings is 2. The Bertz CT molecular complexity index is 1100. The van der Waals surface area contributed by atoms with Crippen LogP contribution in [0, 0.1) is 35.5 Å². The van der Waals surface area contributed by atoms with Crippen LogP contribution in [0.25, 0.3) is 10.8 Å². The van der Waals surface area contributed by atoms with Crippen molar-refractivity contribution in [3.63, 3.8) is 0 Å². The third-order valence-electron chi connectivity index (χ3n) is 7.24. The number of carbonyl (C=O) groups is 2. The number of ether oxygens (including phenoxy) is 1. The number of hydrogen-bond acceptors (Lipinski definition) is 4. The molecule has 0 unspecified atom stereocenters. The standard InChI is InChI=1S/C25H24N2O3/c1-13(2)30-21-10-7-14-5-3-4-6-15(14)20(21)12-26-27-24(28)22-16-8-9-17(19-11-18(16)19)23(22)25(27)29/h3-10,12-13,16-19,22-23H,11H2,1-2H3/b26-12-/t16-,17+,18-,19-,22+,23-/m1/s1. The van der Waals surface area contributed by atoms with Crippen LogP contribution in [-0.2, 0) is 9.59 Å². The summed E-state index contributed by atoms with van der Waals surface area (Å²) in [6.07, 6.45) is 7.15. The molecule has 2 bridgehead atoms. The number of rotatable bonds is 4. The van der Waals surface area contributed by atoms with Gasteiger partial charge in [-0.2, -0.15) is 10.1 Å². The van der Waals surface area contributed by atoms with E-state index in [1.54, 1.807) is 6.21 Å². The molecule has 1 heterocycles. The molecule has 0 aromatic heterocycles. The molecule has 4 aliphatic carbocycles. The summed E-state index contributed by atoms with van der Waals surface area (Å²) < 4.78 is 5.99. The molecule has 5 heteroatoms. The number of fused-ring (bicyclic) bond motifs is 1. The van der Waals surface area contributed by atoms with Crippen molar-refractivity contribution in [1.29, 1.82) is 0 Å². The highest BCUT2D eigenvalue weighted by molar-refractivity contribution is 6.08. The van der Waals surface area contributed by atoms with Gasteiger partial charge >= 0.3 is 0 Å². The van der Waals surface area contributed by atoms with Crippen LogP contribution in [0.4, 0.5) is 0 Å². The maximum absolute atomic E-state index is 13.2. The van der Waals surface area contributed by atoms with Crippen molar-refractivity contribution in [2.24, 2.45) is 40.6 Å². The monoisotopic (exact) mass is 400 g/mol. The van der Waals surface area contributed by atoms with Gasteiger partial charge in [0.2, 0.25) is 0 Å². The second-order valence-electron chi connectivity index (χ2n) is 9.25. The van der Waals surface area contributed by atoms with Gasteiger partial charge in [-0.05, 0) is 60.8 Å². The van der Waals surface area contributed by atoms with E-state index in [-0.39, 0.29) is 41.6 Å². The average molecular weight is 400 g/mol. The SMILES string of the molecule is CC(C)Oc1ccc2ccccc2c1/C=N\N1C(=O)[C@@H]2[C@H]3C=C[C@H]([C@H]4C[C@H]34)[C@@H]2C1=O. The molecule has 0 radical (unpaired) electrons. The Morgan fingerprint density at radius 2 is 1.67 bits per heavy atom. The van der Waals surface area contributed by atoms with Gasteiger partial charge in [-0.1, -0.05) is 42.5 Å². The molecule has 6 atom stereocenters. The van der Waals surface area contributed by atoms with E-state index in [2.05, 4.69) is 17.3 Å². The average Bonchev–Trinajstić information content (AvgIpc) is 3.52. The molecular formula is C25H24N2O3. The lowest BCUT2D eigenvalue weighted by Crippen LogP contribution is -2.40. The molecule has 152 valence electrons. The van der Waals surface area contributed by atoms with E-state index in [9.17, 15) is 9.59 Å². The molecule has 5 aliphatic rings. The van der Waals surface area contributed by atoms with E-state index in [1.165, 1.54) is 0 Å². The molecule has 5 nitrogen and oxygen atoms in total. The first kappa shape index (κ1) is 17.9. The molecular weight excluding hydrogens is 376 g/mol. The summed E-state index contributed by atoms with van der Waals surface area (Å²) in [4.78, 5) is 26.4. The van der Waals surface area contributed by atoms with Crippen LogP contribution in [-0.4, -0.2) is 29.1 Å². The molecule has 2 saturated carbocycles. The molecule has 3 fully saturated rings. The van der Waals surface area contributed by atoms with Crippen LogP contribution in [0.15, 0.2) is 53.7 Å². The Balaban J connectivity index is 1.38. The first-order chi connectivity index (χ1) is 14.5. The zero-order valence-corrected chi connectivity index (χ0v) is 17.1. The van der Waals surface area contributed by atoms with Gasteiger partial charge in [-0.15, -0.1) is 0 Å². The van der Waals surface area contributed by atoms with Crippen LogP contribution in [0.5, 0.6) is 5.75 Å². The first-order valence-corrected chi connectivity index (χ1v) is 10.8. The Hall–Kier alpha value is -2.95. The molecule has 2 amide bonds. The van der Waals surface area contributed by atoms with E-state index < -0.39 is 0 Å². The quantitative estimate of drug-likeness (QED) is 0.443. The van der Waals surface area contributed by atoms with Crippen molar-refractivity contribution in [2.75, 3.05) is 0 Å². The zero-order chi connectivity index (χ0) is 20.6. The molecule has 1 aliphatic heterocycles. The fourth-order valence-corrected chi connectivity index (χ4v) is 5.94.